The number of nitrogens with two attached hydrogens (primary N) is 1. The minimum absolute atomic E-state index is 0.104. The maximum absolute atomic E-state index is 5.56. The molecule has 0 aromatic carbocycles. The van der Waals surface area contributed by atoms with Crippen molar-refractivity contribution in [3.63, 3.8) is 0 Å². The number of rotatable bonds is 10. The Hall–Kier alpha value is -0.160. The number of hydrogen-bond acceptors (Lipinski definition) is 4. The van der Waals surface area contributed by atoms with E-state index in [1.54, 1.807) is 7.11 Å². The van der Waals surface area contributed by atoms with Crippen LogP contribution in [0.5, 0.6) is 0 Å². The van der Waals surface area contributed by atoms with Crippen molar-refractivity contribution in [2.24, 2.45) is 5.73 Å². The number of hydrogen-bond donors (Lipinski definition) is 1. The van der Waals surface area contributed by atoms with E-state index in [0.717, 1.165) is 12.8 Å². The van der Waals surface area contributed by atoms with Crippen molar-refractivity contribution in [3.8, 4) is 0 Å². The van der Waals surface area contributed by atoms with E-state index in [1.807, 2.05) is 6.92 Å². The Labute approximate surface area is 99.4 Å². The summed E-state index contributed by atoms with van der Waals surface area (Å²) in [4.78, 5) is 0. The fraction of sp³-hybridized carbons (Fsp3) is 1.00. The maximum Gasteiger partial charge on any atom is 0.0719 e. The smallest absolute Gasteiger partial charge is 0.0719 e. The first-order valence-corrected chi connectivity index (χ1v) is 6.00. The third kappa shape index (κ3) is 8.05. The molecule has 1 atom stereocenters. The lowest BCUT2D eigenvalue weighted by Crippen LogP contribution is -2.27. The molecule has 16 heavy (non-hydrogen) atoms. The van der Waals surface area contributed by atoms with Gasteiger partial charge in [-0.3, -0.25) is 0 Å². The van der Waals surface area contributed by atoms with Crippen LogP contribution in [0.4, 0.5) is 0 Å². The number of ether oxygens (including phenoxy) is 3. The molecule has 2 N–H and O–H groups in total. The van der Waals surface area contributed by atoms with Gasteiger partial charge in [0.1, 0.15) is 0 Å². The molecule has 0 heterocycles. The maximum atomic E-state index is 5.56. The van der Waals surface area contributed by atoms with E-state index in [0.29, 0.717) is 26.4 Å². The van der Waals surface area contributed by atoms with Crippen LogP contribution in [0.3, 0.4) is 0 Å². The zero-order valence-electron chi connectivity index (χ0n) is 11.1. The van der Waals surface area contributed by atoms with Gasteiger partial charge < -0.3 is 19.9 Å². The van der Waals surface area contributed by atoms with Crippen LogP contribution in [0.15, 0.2) is 0 Å². The highest BCUT2D eigenvalue weighted by Gasteiger charge is 2.15. The van der Waals surface area contributed by atoms with Crippen molar-refractivity contribution in [2.75, 3.05) is 33.5 Å². The molecule has 4 nitrogen and oxygen atoms in total. The van der Waals surface area contributed by atoms with E-state index < -0.39 is 0 Å². The minimum Gasteiger partial charge on any atom is -0.381 e. The van der Waals surface area contributed by atoms with Gasteiger partial charge in [0.2, 0.25) is 0 Å². The second-order valence-electron chi connectivity index (χ2n) is 4.43. The van der Waals surface area contributed by atoms with Crippen LogP contribution in [-0.2, 0) is 14.2 Å². The van der Waals surface area contributed by atoms with Crippen LogP contribution < -0.4 is 5.73 Å². The molecule has 0 spiro atoms. The first-order valence-electron chi connectivity index (χ1n) is 6.00. The Morgan fingerprint density at radius 1 is 1.25 bits per heavy atom. The van der Waals surface area contributed by atoms with Gasteiger partial charge in [0.15, 0.2) is 0 Å². The summed E-state index contributed by atoms with van der Waals surface area (Å²) in [6, 6.07) is 0. The Morgan fingerprint density at radius 3 is 2.44 bits per heavy atom. The van der Waals surface area contributed by atoms with Crippen molar-refractivity contribution in [2.45, 2.75) is 45.3 Å². The SMILES string of the molecule is CCOC(CN)CCOCCC(C)(C)OC. The predicted molar refractivity (Wildman–Crippen MR) is 65.6 cm³/mol. The molecule has 0 aliphatic carbocycles. The summed E-state index contributed by atoms with van der Waals surface area (Å²) < 4.78 is 16.3. The number of methoxy groups -OCH3 is 1. The highest BCUT2D eigenvalue weighted by Crippen LogP contribution is 2.12. The molecule has 0 bridgehead atoms. The predicted octanol–water partition coefficient (Wildman–Crippen LogP) is 1.57. The first kappa shape index (κ1) is 15.8. The summed E-state index contributed by atoms with van der Waals surface area (Å²) in [5.74, 6) is 0. The van der Waals surface area contributed by atoms with Crippen LogP contribution in [0, 0.1) is 0 Å². The van der Waals surface area contributed by atoms with Crippen molar-refractivity contribution in [1.82, 2.24) is 0 Å². The topological polar surface area (TPSA) is 53.7 Å². The lowest BCUT2D eigenvalue weighted by molar-refractivity contribution is -0.0171. The summed E-state index contributed by atoms with van der Waals surface area (Å²) in [5, 5.41) is 0. The molecule has 4 heteroatoms. The summed E-state index contributed by atoms with van der Waals surface area (Å²) in [6.07, 6.45) is 1.88. The molecule has 0 rings (SSSR count). The van der Waals surface area contributed by atoms with Crippen molar-refractivity contribution >= 4 is 0 Å². The lowest BCUT2D eigenvalue weighted by atomic mass is 10.1. The van der Waals surface area contributed by atoms with Gasteiger partial charge in [-0.05, 0) is 33.6 Å². The third-order valence-electron chi connectivity index (χ3n) is 2.65. The molecule has 0 saturated heterocycles. The second-order valence-corrected chi connectivity index (χ2v) is 4.43. The van der Waals surface area contributed by atoms with Gasteiger partial charge in [-0.25, -0.2) is 0 Å². The standard InChI is InChI=1S/C12H27NO3/c1-5-16-11(10-13)6-8-15-9-7-12(2,3)14-4/h11H,5-10,13H2,1-4H3. The van der Waals surface area contributed by atoms with E-state index in [9.17, 15) is 0 Å². The minimum atomic E-state index is -0.104. The van der Waals surface area contributed by atoms with Crippen LogP contribution in [0.1, 0.15) is 33.6 Å². The van der Waals surface area contributed by atoms with E-state index in [4.69, 9.17) is 19.9 Å². The highest BCUT2D eigenvalue weighted by atomic mass is 16.5. The molecule has 1 unspecified atom stereocenters. The zero-order chi connectivity index (χ0) is 12.4. The first-order chi connectivity index (χ1) is 7.55. The average molecular weight is 233 g/mol. The Balaban J connectivity index is 3.45. The fourth-order valence-corrected chi connectivity index (χ4v) is 1.24. The quantitative estimate of drug-likeness (QED) is 0.582. The van der Waals surface area contributed by atoms with Crippen LogP contribution in [-0.4, -0.2) is 45.2 Å². The zero-order valence-corrected chi connectivity index (χ0v) is 11.1. The lowest BCUT2D eigenvalue weighted by Gasteiger charge is -2.22. The highest BCUT2D eigenvalue weighted by molar-refractivity contribution is 4.66. The molecule has 0 aromatic rings. The molecule has 0 fully saturated rings. The van der Waals surface area contributed by atoms with E-state index in [2.05, 4.69) is 13.8 Å². The molecule has 98 valence electrons. The van der Waals surface area contributed by atoms with Gasteiger partial charge in [-0.1, -0.05) is 0 Å². The fourth-order valence-electron chi connectivity index (χ4n) is 1.24. The summed E-state index contributed by atoms with van der Waals surface area (Å²) in [5.41, 5.74) is 5.46. The molecular weight excluding hydrogens is 206 g/mol. The molecule has 0 aliphatic rings. The largest absolute Gasteiger partial charge is 0.381 e. The molecule has 0 amide bonds. The normalized spacial score (nSPS) is 14.1. The summed E-state index contributed by atoms with van der Waals surface area (Å²) in [6.45, 7) is 8.76. The van der Waals surface area contributed by atoms with Gasteiger partial charge in [-0.15, -0.1) is 0 Å². The van der Waals surface area contributed by atoms with E-state index in [1.165, 1.54) is 0 Å². The van der Waals surface area contributed by atoms with E-state index in [-0.39, 0.29) is 11.7 Å². The average Bonchev–Trinajstić information content (AvgIpc) is 2.27. The van der Waals surface area contributed by atoms with E-state index >= 15 is 0 Å². The summed E-state index contributed by atoms with van der Waals surface area (Å²) >= 11 is 0. The Morgan fingerprint density at radius 2 is 1.94 bits per heavy atom. The van der Waals surface area contributed by atoms with Crippen molar-refractivity contribution < 1.29 is 14.2 Å². The van der Waals surface area contributed by atoms with Gasteiger partial charge in [0.25, 0.3) is 0 Å². The van der Waals surface area contributed by atoms with Crippen LogP contribution in [0.2, 0.25) is 0 Å². The van der Waals surface area contributed by atoms with Gasteiger partial charge in [0.05, 0.1) is 11.7 Å². The van der Waals surface area contributed by atoms with Gasteiger partial charge in [0, 0.05) is 33.5 Å². The third-order valence-corrected chi connectivity index (χ3v) is 2.65. The molecule has 0 radical (unpaired) electrons. The summed E-state index contributed by atoms with van der Waals surface area (Å²) in [7, 11) is 1.72. The molecular formula is C12H27NO3. The Bertz CT molecular complexity index is 162. The van der Waals surface area contributed by atoms with Crippen LogP contribution in [0.25, 0.3) is 0 Å². The molecule has 0 saturated carbocycles. The second kappa shape index (κ2) is 8.93. The van der Waals surface area contributed by atoms with Gasteiger partial charge >= 0.3 is 0 Å². The molecule has 0 aliphatic heterocycles. The van der Waals surface area contributed by atoms with Crippen molar-refractivity contribution in [1.29, 1.82) is 0 Å². The Kier molecular flexibility index (Phi) is 8.84. The van der Waals surface area contributed by atoms with Gasteiger partial charge in [-0.2, -0.15) is 0 Å². The monoisotopic (exact) mass is 233 g/mol. The van der Waals surface area contributed by atoms with Crippen LogP contribution >= 0.6 is 0 Å². The van der Waals surface area contributed by atoms with Crippen molar-refractivity contribution in [3.05, 3.63) is 0 Å². The molecule has 0 aromatic heterocycles.